The van der Waals surface area contributed by atoms with Gasteiger partial charge in [0.1, 0.15) is 5.76 Å². The number of aliphatic hydroxyl groups is 1. The molecule has 0 radical (unpaired) electrons. The minimum absolute atomic E-state index is 0.121. The van der Waals surface area contributed by atoms with Gasteiger partial charge < -0.3 is 15.2 Å². The summed E-state index contributed by atoms with van der Waals surface area (Å²) in [6.07, 6.45) is 7.63. The van der Waals surface area contributed by atoms with Crippen LogP contribution < -0.4 is 5.32 Å². The quantitative estimate of drug-likeness (QED) is 0.523. The maximum atomic E-state index is 11.2. The summed E-state index contributed by atoms with van der Waals surface area (Å²) in [6, 6.07) is 0. The van der Waals surface area contributed by atoms with Crippen molar-refractivity contribution >= 4 is 5.91 Å². The molecule has 0 aromatic carbocycles. The van der Waals surface area contributed by atoms with Crippen LogP contribution in [0.3, 0.4) is 0 Å². The molecule has 0 aliphatic heterocycles. The Kier molecular flexibility index (Phi) is 8.59. The van der Waals surface area contributed by atoms with Crippen LogP contribution >= 0.6 is 0 Å². The molecule has 2 N–H and O–H groups in total. The molecule has 0 saturated heterocycles. The van der Waals surface area contributed by atoms with Crippen LogP contribution in [0.1, 0.15) is 33.6 Å². The van der Waals surface area contributed by atoms with Crippen molar-refractivity contribution in [1.82, 2.24) is 5.32 Å². The van der Waals surface area contributed by atoms with E-state index in [-0.39, 0.29) is 17.4 Å². The molecular formula is C16H23NO3. The molecule has 20 heavy (non-hydrogen) atoms. The lowest BCUT2D eigenvalue weighted by molar-refractivity contribution is -0.118. The lowest BCUT2D eigenvalue weighted by Gasteiger charge is -2.13. The van der Waals surface area contributed by atoms with Crippen molar-refractivity contribution in [3.63, 3.8) is 0 Å². The number of hydrogen-bond donors (Lipinski definition) is 2. The van der Waals surface area contributed by atoms with E-state index >= 15 is 0 Å². The van der Waals surface area contributed by atoms with E-state index in [1.54, 1.807) is 12.2 Å². The number of carbonyl (C=O) groups is 1. The predicted octanol–water partition coefficient (Wildman–Crippen LogP) is 3.87. The highest BCUT2D eigenvalue weighted by Gasteiger charge is 2.09. The number of nitrogens with one attached hydrogen (secondary N) is 1. The molecule has 0 aromatic rings. The second-order valence-corrected chi connectivity index (χ2v) is 4.03. The summed E-state index contributed by atoms with van der Waals surface area (Å²) in [7, 11) is 0. The Labute approximate surface area is 120 Å². The summed E-state index contributed by atoms with van der Waals surface area (Å²) < 4.78 is 5.63. The summed E-state index contributed by atoms with van der Waals surface area (Å²) in [4.78, 5) is 11.2. The van der Waals surface area contributed by atoms with Gasteiger partial charge in [-0.05, 0) is 31.6 Å². The lowest BCUT2D eigenvalue weighted by Crippen LogP contribution is -2.19. The van der Waals surface area contributed by atoms with E-state index in [1.165, 1.54) is 19.1 Å². The van der Waals surface area contributed by atoms with E-state index in [1.807, 2.05) is 13.8 Å². The predicted molar refractivity (Wildman–Crippen MR) is 81.7 cm³/mol. The van der Waals surface area contributed by atoms with Crippen molar-refractivity contribution in [2.45, 2.75) is 33.6 Å². The Morgan fingerprint density at radius 2 is 1.95 bits per heavy atom. The standard InChI is InChI=1S/C16H23NO3/c1-6-10-14(19)15(9-4)20-16(11-7-2)13(8-3)17-12(5)18/h7-9,11,19H,3-4,6,10H2,1-2,5H3,(H,17,18)/b11-7-,15-14-,16-13-. The first-order valence-electron chi connectivity index (χ1n) is 6.49. The van der Waals surface area contributed by atoms with Gasteiger partial charge in [-0.1, -0.05) is 26.2 Å². The number of amides is 1. The molecule has 0 rings (SSSR count). The average Bonchev–Trinajstić information content (AvgIpc) is 2.40. The lowest BCUT2D eigenvalue weighted by atomic mass is 10.2. The highest BCUT2D eigenvalue weighted by atomic mass is 16.5. The third-order valence-corrected chi connectivity index (χ3v) is 2.27. The van der Waals surface area contributed by atoms with Crippen LogP contribution in [0.4, 0.5) is 0 Å². The van der Waals surface area contributed by atoms with Crippen molar-refractivity contribution in [2.75, 3.05) is 0 Å². The third kappa shape index (κ3) is 6.09. The minimum atomic E-state index is -0.229. The first-order valence-corrected chi connectivity index (χ1v) is 6.49. The first kappa shape index (κ1) is 17.8. The molecule has 0 atom stereocenters. The zero-order valence-electron chi connectivity index (χ0n) is 12.4. The van der Waals surface area contributed by atoms with Crippen molar-refractivity contribution in [1.29, 1.82) is 0 Å². The van der Waals surface area contributed by atoms with Crippen molar-refractivity contribution in [3.05, 3.63) is 60.4 Å². The van der Waals surface area contributed by atoms with Gasteiger partial charge in [0.25, 0.3) is 0 Å². The second kappa shape index (κ2) is 9.67. The number of carbonyl (C=O) groups excluding carboxylic acids is 1. The minimum Gasteiger partial charge on any atom is -0.508 e. The molecule has 0 aromatic heterocycles. The van der Waals surface area contributed by atoms with Crippen molar-refractivity contribution in [2.24, 2.45) is 0 Å². The smallest absolute Gasteiger partial charge is 0.221 e. The van der Waals surface area contributed by atoms with Gasteiger partial charge in [0.05, 0.1) is 5.70 Å². The average molecular weight is 277 g/mol. The number of rotatable bonds is 8. The summed E-state index contributed by atoms with van der Waals surface area (Å²) in [5.41, 5.74) is 0.430. The Morgan fingerprint density at radius 1 is 1.30 bits per heavy atom. The fraction of sp³-hybridized carbons (Fsp3) is 0.312. The first-order chi connectivity index (χ1) is 9.49. The zero-order valence-corrected chi connectivity index (χ0v) is 12.4. The maximum Gasteiger partial charge on any atom is 0.221 e. The van der Waals surface area contributed by atoms with Crippen LogP contribution in [0.15, 0.2) is 60.4 Å². The van der Waals surface area contributed by atoms with E-state index in [2.05, 4.69) is 18.5 Å². The van der Waals surface area contributed by atoms with E-state index in [0.717, 1.165) is 6.42 Å². The zero-order chi connectivity index (χ0) is 15.5. The van der Waals surface area contributed by atoms with Gasteiger partial charge in [-0.15, -0.1) is 0 Å². The van der Waals surface area contributed by atoms with Gasteiger partial charge in [-0.2, -0.15) is 0 Å². The topological polar surface area (TPSA) is 58.6 Å². The van der Waals surface area contributed by atoms with Gasteiger partial charge >= 0.3 is 0 Å². The molecule has 1 amide bonds. The third-order valence-electron chi connectivity index (χ3n) is 2.27. The van der Waals surface area contributed by atoms with Gasteiger partial charge in [0.15, 0.2) is 11.5 Å². The van der Waals surface area contributed by atoms with Crippen molar-refractivity contribution < 1.29 is 14.6 Å². The van der Waals surface area contributed by atoms with Crippen LogP contribution in [0.5, 0.6) is 0 Å². The summed E-state index contributed by atoms with van der Waals surface area (Å²) >= 11 is 0. The maximum absolute atomic E-state index is 11.2. The number of aliphatic hydroxyl groups excluding tert-OH is 1. The highest BCUT2D eigenvalue weighted by Crippen LogP contribution is 2.18. The van der Waals surface area contributed by atoms with E-state index in [4.69, 9.17) is 4.74 Å². The fourth-order valence-electron chi connectivity index (χ4n) is 1.43. The second-order valence-electron chi connectivity index (χ2n) is 4.03. The highest BCUT2D eigenvalue weighted by molar-refractivity contribution is 5.75. The van der Waals surface area contributed by atoms with E-state index < -0.39 is 0 Å². The largest absolute Gasteiger partial charge is 0.508 e. The molecule has 110 valence electrons. The number of ether oxygens (including phenoxy) is 1. The Balaban J connectivity index is 5.53. The van der Waals surface area contributed by atoms with Crippen LogP contribution in [-0.4, -0.2) is 11.0 Å². The van der Waals surface area contributed by atoms with Gasteiger partial charge in [0.2, 0.25) is 5.91 Å². The Bertz CT molecular complexity index is 456. The van der Waals surface area contributed by atoms with Crippen LogP contribution in [-0.2, 0) is 9.53 Å². The Hall–Kier alpha value is -2.23. The number of allylic oxidation sites excluding steroid dienone is 5. The molecule has 0 aliphatic carbocycles. The molecule has 0 heterocycles. The monoisotopic (exact) mass is 277 g/mol. The fourth-order valence-corrected chi connectivity index (χ4v) is 1.43. The van der Waals surface area contributed by atoms with Crippen LogP contribution in [0.2, 0.25) is 0 Å². The van der Waals surface area contributed by atoms with Gasteiger partial charge in [0, 0.05) is 13.3 Å². The van der Waals surface area contributed by atoms with Crippen molar-refractivity contribution in [3.8, 4) is 0 Å². The van der Waals surface area contributed by atoms with Crippen LogP contribution in [0.25, 0.3) is 0 Å². The summed E-state index contributed by atoms with van der Waals surface area (Å²) in [5, 5.41) is 12.5. The van der Waals surface area contributed by atoms with Gasteiger partial charge in [-0.25, -0.2) is 0 Å². The molecular weight excluding hydrogens is 254 g/mol. The normalized spacial score (nSPS) is 13.3. The molecule has 0 saturated carbocycles. The molecule has 4 nitrogen and oxygen atoms in total. The molecule has 0 aliphatic rings. The summed E-state index contributed by atoms with van der Waals surface area (Å²) in [6.45, 7) is 12.4. The molecule has 0 unspecified atom stereocenters. The SMILES string of the molecule is C=C/C(NC(C)=O)=C(\C=C/C)O/C(C=C)=C(\O)CCC. The number of hydrogen-bond acceptors (Lipinski definition) is 3. The molecule has 4 heteroatoms. The Morgan fingerprint density at radius 3 is 2.35 bits per heavy atom. The van der Waals surface area contributed by atoms with E-state index in [0.29, 0.717) is 17.9 Å². The summed E-state index contributed by atoms with van der Waals surface area (Å²) in [5.74, 6) is 0.545. The molecule has 0 spiro atoms. The van der Waals surface area contributed by atoms with E-state index in [9.17, 15) is 9.90 Å². The van der Waals surface area contributed by atoms with Gasteiger partial charge in [-0.3, -0.25) is 4.79 Å². The molecule has 0 bridgehead atoms. The molecule has 0 fully saturated rings. The van der Waals surface area contributed by atoms with Crippen LogP contribution in [0, 0.1) is 0 Å².